The van der Waals surface area contributed by atoms with E-state index in [0.29, 0.717) is 12.1 Å². The van der Waals surface area contributed by atoms with Gasteiger partial charge in [0.25, 0.3) is 0 Å². The lowest BCUT2D eigenvalue weighted by Gasteiger charge is -2.34. The molecule has 8 nitrogen and oxygen atoms in total. The van der Waals surface area contributed by atoms with E-state index < -0.39 is 23.6 Å². The number of aromatic hydroxyl groups is 1. The van der Waals surface area contributed by atoms with Gasteiger partial charge in [-0.15, -0.1) is 0 Å². The molecule has 0 saturated carbocycles. The highest BCUT2D eigenvalue weighted by molar-refractivity contribution is 5.90. The van der Waals surface area contributed by atoms with Crippen LogP contribution in [0.2, 0.25) is 0 Å². The van der Waals surface area contributed by atoms with E-state index in [1.165, 1.54) is 17.0 Å². The summed E-state index contributed by atoms with van der Waals surface area (Å²) in [7, 11) is 0. The fourth-order valence-corrected chi connectivity index (χ4v) is 3.26. The monoisotopic (exact) mass is 455 g/mol. The molecule has 0 saturated heterocycles. The first-order chi connectivity index (χ1) is 15.5. The lowest BCUT2D eigenvalue weighted by Crippen LogP contribution is -2.50. The summed E-state index contributed by atoms with van der Waals surface area (Å²) in [5, 5.41) is 15.0. The van der Waals surface area contributed by atoms with Crippen molar-refractivity contribution in [3.63, 3.8) is 0 Å². The molecule has 0 fully saturated rings. The number of benzene rings is 2. The average Bonchev–Trinajstić information content (AvgIpc) is 2.74. The fraction of sp³-hybridized carbons (Fsp3) is 0.400. The molecular formula is C25H33N3O5. The molecule has 0 spiro atoms. The van der Waals surface area contributed by atoms with Gasteiger partial charge < -0.3 is 25.4 Å². The van der Waals surface area contributed by atoms with Crippen LogP contribution < -0.4 is 10.6 Å². The standard InChI is InChI=1S/C25H33N3O5/c1-17(2)28(21(30)16-27-24(32)33-25(3,4)5)22(19-11-13-20(29)14-12-19)23(31)26-15-18-9-7-6-8-10-18/h6-14,17,22,29H,15-16H2,1-5H3,(H,26,31)(H,27,32). The highest BCUT2D eigenvalue weighted by Crippen LogP contribution is 2.26. The van der Waals surface area contributed by atoms with Crippen LogP contribution in [0.4, 0.5) is 4.79 Å². The third-order valence-corrected chi connectivity index (χ3v) is 4.67. The normalized spacial score (nSPS) is 12.1. The lowest BCUT2D eigenvalue weighted by atomic mass is 10.0. The van der Waals surface area contributed by atoms with Crippen molar-refractivity contribution >= 4 is 17.9 Å². The quantitative estimate of drug-likeness (QED) is 0.565. The second kappa shape index (κ2) is 11.4. The SMILES string of the molecule is CC(C)N(C(=O)CNC(=O)OC(C)(C)C)C(C(=O)NCc1ccccc1)c1ccc(O)cc1. The van der Waals surface area contributed by atoms with Gasteiger partial charge in [-0.3, -0.25) is 9.59 Å². The van der Waals surface area contributed by atoms with Crippen molar-refractivity contribution in [2.24, 2.45) is 0 Å². The van der Waals surface area contributed by atoms with Gasteiger partial charge in [0.05, 0.1) is 0 Å². The topological polar surface area (TPSA) is 108 Å². The van der Waals surface area contributed by atoms with Gasteiger partial charge in [-0.05, 0) is 57.9 Å². The van der Waals surface area contributed by atoms with Gasteiger partial charge in [-0.1, -0.05) is 42.5 Å². The first-order valence-corrected chi connectivity index (χ1v) is 10.9. The Bertz CT molecular complexity index is 937. The molecule has 0 aliphatic carbocycles. The van der Waals surface area contributed by atoms with Gasteiger partial charge in [-0.25, -0.2) is 4.79 Å². The molecule has 3 amide bonds. The summed E-state index contributed by atoms with van der Waals surface area (Å²) in [4.78, 5) is 39.9. The maximum Gasteiger partial charge on any atom is 0.408 e. The van der Waals surface area contributed by atoms with Crippen LogP contribution in [0.3, 0.4) is 0 Å². The molecule has 0 aromatic heterocycles. The maximum absolute atomic E-state index is 13.3. The lowest BCUT2D eigenvalue weighted by molar-refractivity contribution is -0.142. The number of phenols is 1. The summed E-state index contributed by atoms with van der Waals surface area (Å²) < 4.78 is 5.19. The van der Waals surface area contributed by atoms with Gasteiger partial charge >= 0.3 is 6.09 Å². The number of nitrogens with one attached hydrogen (secondary N) is 2. The number of nitrogens with zero attached hydrogens (tertiary/aromatic N) is 1. The predicted molar refractivity (Wildman–Crippen MR) is 125 cm³/mol. The van der Waals surface area contributed by atoms with E-state index in [4.69, 9.17) is 4.74 Å². The van der Waals surface area contributed by atoms with Gasteiger partial charge in [0, 0.05) is 12.6 Å². The number of hydrogen-bond acceptors (Lipinski definition) is 5. The van der Waals surface area contributed by atoms with Crippen molar-refractivity contribution in [2.45, 2.75) is 58.8 Å². The zero-order chi connectivity index (χ0) is 24.6. The molecule has 2 aromatic carbocycles. The molecular weight excluding hydrogens is 422 g/mol. The molecule has 0 aliphatic rings. The summed E-state index contributed by atoms with van der Waals surface area (Å²) in [5.74, 6) is -0.760. The van der Waals surface area contributed by atoms with Crippen LogP contribution in [0.25, 0.3) is 0 Å². The molecule has 3 N–H and O–H groups in total. The third-order valence-electron chi connectivity index (χ3n) is 4.67. The molecule has 2 aromatic rings. The third kappa shape index (κ3) is 8.14. The molecule has 33 heavy (non-hydrogen) atoms. The molecule has 1 atom stereocenters. The smallest absolute Gasteiger partial charge is 0.408 e. The van der Waals surface area contributed by atoms with Gasteiger partial charge in [0.2, 0.25) is 11.8 Å². The number of phenolic OH excluding ortho intramolecular Hbond substituents is 1. The van der Waals surface area contributed by atoms with E-state index in [1.807, 2.05) is 30.3 Å². The van der Waals surface area contributed by atoms with E-state index in [1.54, 1.807) is 46.8 Å². The van der Waals surface area contributed by atoms with Crippen molar-refractivity contribution in [3.05, 3.63) is 65.7 Å². The summed E-state index contributed by atoms with van der Waals surface area (Å²) >= 11 is 0. The predicted octanol–water partition coefficient (Wildman–Crippen LogP) is 3.51. The van der Waals surface area contributed by atoms with Crippen LogP contribution in [0.1, 0.15) is 51.8 Å². The van der Waals surface area contributed by atoms with Crippen LogP contribution >= 0.6 is 0 Å². The van der Waals surface area contributed by atoms with Crippen molar-refractivity contribution in [2.75, 3.05) is 6.54 Å². The number of ether oxygens (including phenoxy) is 1. The average molecular weight is 456 g/mol. The Kier molecular flexibility index (Phi) is 8.85. The van der Waals surface area contributed by atoms with Crippen molar-refractivity contribution in [1.82, 2.24) is 15.5 Å². The van der Waals surface area contributed by atoms with E-state index in [9.17, 15) is 19.5 Å². The van der Waals surface area contributed by atoms with Crippen LogP contribution in [-0.4, -0.2) is 46.1 Å². The zero-order valence-corrected chi connectivity index (χ0v) is 19.8. The number of alkyl carbamates (subject to hydrolysis) is 1. The van der Waals surface area contributed by atoms with Crippen molar-refractivity contribution in [1.29, 1.82) is 0 Å². The van der Waals surface area contributed by atoms with Crippen molar-refractivity contribution < 1.29 is 24.2 Å². The summed E-state index contributed by atoms with van der Waals surface area (Å²) in [6.07, 6.45) is -0.714. The highest BCUT2D eigenvalue weighted by Gasteiger charge is 2.33. The van der Waals surface area contributed by atoms with E-state index >= 15 is 0 Å². The van der Waals surface area contributed by atoms with Crippen molar-refractivity contribution in [3.8, 4) is 5.75 Å². The minimum Gasteiger partial charge on any atom is -0.508 e. The van der Waals surface area contributed by atoms with Gasteiger partial charge in [0.15, 0.2) is 0 Å². The molecule has 8 heteroatoms. The summed E-state index contributed by atoms with van der Waals surface area (Å²) in [6, 6.07) is 14.3. The maximum atomic E-state index is 13.3. The highest BCUT2D eigenvalue weighted by atomic mass is 16.6. The number of carbonyl (C=O) groups is 3. The van der Waals surface area contributed by atoms with E-state index in [2.05, 4.69) is 10.6 Å². The Morgan fingerprint density at radius 1 is 0.970 bits per heavy atom. The summed E-state index contributed by atoms with van der Waals surface area (Å²) in [5.41, 5.74) is 0.763. The Morgan fingerprint density at radius 3 is 2.12 bits per heavy atom. The molecule has 1 unspecified atom stereocenters. The second-order valence-electron chi connectivity index (χ2n) is 8.95. The molecule has 0 bridgehead atoms. The Labute approximate surface area is 194 Å². The summed E-state index contributed by atoms with van der Waals surface area (Å²) in [6.45, 7) is 8.75. The zero-order valence-electron chi connectivity index (χ0n) is 19.8. The number of hydrogen-bond donors (Lipinski definition) is 3. The van der Waals surface area contributed by atoms with Gasteiger partial charge in [-0.2, -0.15) is 0 Å². The Morgan fingerprint density at radius 2 is 1.58 bits per heavy atom. The van der Waals surface area contributed by atoms with Gasteiger partial charge in [0.1, 0.15) is 23.9 Å². The number of rotatable bonds is 8. The largest absolute Gasteiger partial charge is 0.508 e. The van der Waals surface area contributed by atoms with E-state index in [0.717, 1.165) is 5.56 Å². The number of amides is 3. The Hall–Kier alpha value is -3.55. The van der Waals surface area contributed by atoms with Crippen LogP contribution in [0.5, 0.6) is 5.75 Å². The van der Waals surface area contributed by atoms with Crippen LogP contribution in [0, 0.1) is 0 Å². The minimum atomic E-state index is -0.956. The van der Waals surface area contributed by atoms with E-state index in [-0.39, 0.29) is 24.2 Å². The molecule has 0 radical (unpaired) electrons. The fourth-order valence-electron chi connectivity index (χ4n) is 3.26. The second-order valence-corrected chi connectivity index (χ2v) is 8.95. The molecule has 0 heterocycles. The number of carbonyl (C=O) groups excluding carboxylic acids is 3. The Balaban J connectivity index is 2.25. The van der Waals surface area contributed by atoms with Crippen LogP contribution in [0.15, 0.2) is 54.6 Å². The molecule has 2 rings (SSSR count). The first-order valence-electron chi connectivity index (χ1n) is 10.9. The minimum absolute atomic E-state index is 0.0520. The molecule has 178 valence electrons. The van der Waals surface area contributed by atoms with Crippen LogP contribution in [-0.2, 0) is 20.9 Å². The first kappa shape index (κ1) is 25.7. The molecule has 0 aliphatic heterocycles.